The van der Waals surface area contributed by atoms with Crippen molar-refractivity contribution in [2.24, 2.45) is 5.92 Å². The van der Waals surface area contributed by atoms with Gasteiger partial charge in [0, 0.05) is 13.2 Å². The van der Waals surface area contributed by atoms with E-state index in [0.717, 1.165) is 25.7 Å². The molecule has 0 aromatic rings. The Hall–Kier alpha value is -0.410. The zero-order chi connectivity index (χ0) is 13.9. The molecule has 3 heteroatoms. The number of hydrogen-bond acceptors (Lipinski definition) is 3. The second-order valence-electron chi connectivity index (χ2n) is 5.92. The fourth-order valence-corrected chi connectivity index (χ4v) is 3.53. The van der Waals surface area contributed by atoms with Gasteiger partial charge in [0.1, 0.15) is 6.29 Å². The highest BCUT2D eigenvalue weighted by Crippen LogP contribution is 2.32. The second kappa shape index (κ2) is 10.4. The Morgan fingerprint density at radius 2 is 1.42 bits per heavy atom. The van der Waals surface area contributed by atoms with Gasteiger partial charge in [-0.1, -0.05) is 51.4 Å². The second-order valence-corrected chi connectivity index (χ2v) is 5.92. The summed E-state index contributed by atoms with van der Waals surface area (Å²) in [5.41, 5.74) is 0. The molecular weight excluding hydrogens is 238 g/mol. The summed E-state index contributed by atoms with van der Waals surface area (Å²) in [5.74, 6) is 0.805. The Morgan fingerprint density at radius 3 is 1.89 bits per heavy atom. The Bertz CT molecular complexity index is 203. The van der Waals surface area contributed by atoms with Crippen molar-refractivity contribution in [1.82, 2.24) is 5.32 Å². The number of fused-ring (bicyclic) bond motifs is 1. The van der Waals surface area contributed by atoms with E-state index in [1.165, 1.54) is 64.2 Å². The van der Waals surface area contributed by atoms with Crippen LogP contribution in [0, 0.1) is 5.92 Å². The first-order valence-corrected chi connectivity index (χ1v) is 8.06. The number of rotatable bonds is 1. The number of aldehydes is 1. The minimum Gasteiger partial charge on any atom is -0.400 e. The van der Waals surface area contributed by atoms with Crippen LogP contribution in [0.5, 0.6) is 0 Å². The molecule has 0 amide bonds. The number of nitrogens with one attached hydrogen (secondary N) is 1. The van der Waals surface area contributed by atoms with Crippen LogP contribution in [0.2, 0.25) is 0 Å². The third kappa shape index (κ3) is 6.05. The van der Waals surface area contributed by atoms with E-state index in [-0.39, 0.29) is 6.04 Å². The molecule has 2 N–H and O–H groups in total. The zero-order valence-electron chi connectivity index (χ0n) is 12.4. The number of aliphatic hydroxyl groups is 1. The molecule has 2 saturated carbocycles. The van der Waals surface area contributed by atoms with Gasteiger partial charge < -0.3 is 15.2 Å². The van der Waals surface area contributed by atoms with Gasteiger partial charge in [-0.3, -0.25) is 0 Å². The highest BCUT2D eigenvalue weighted by atomic mass is 16.2. The van der Waals surface area contributed by atoms with Crippen molar-refractivity contribution >= 4 is 6.29 Å². The van der Waals surface area contributed by atoms with E-state index in [9.17, 15) is 4.79 Å². The Morgan fingerprint density at radius 1 is 0.895 bits per heavy atom. The van der Waals surface area contributed by atoms with E-state index >= 15 is 0 Å². The number of carbonyl (C=O) groups excluding carboxylic acids is 1. The molecule has 3 fully saturated rings. The first kappa shape index (κ1) is 16.6. The van der Waals surface area contributed by atoms with E-state index in [4.69, 9.17) is 5.11 Å². The minimum absolute atomic E-state index is 0.170. The fourth-order valence-electron chi connectivity index (χ4n) is 3.53. The number of carbonyl (C=O) groups is 1. The van der Waals surface area contributed by atoms with Crippen LogP contribution in [0.25, 0.3) is 0 Å². The first-order valence-electron chi connectivity index (χ1n) is 8.06. The Balaban J connectivity index is 0.000000192. The van der Waals surface area contributed by atoms with E-state index in [0.29, 0.717) is 6.04 Å². The predicted octanol–water partition coefficient (Wildman–Crippen LogP) is 3.06. The fraction of sp³-hybridized carbons (Fsp3) is 0.938. The maximum Gasteiger partial charge on any atom is 0.136 e. The lowest BCUT2D eigenvalue weighted by Gasteiger charge is -2.24. The average Bonchev–Trinajstić information content (AvgIpc) is 2.95. The van der Waals surface area contributed by atoms with Crippen molar-refractivity contribution < 1.29 is 9.90 Å². The molecule has 3 unspecified atom stereocenters. The number of hydrogen-bond donors (Lipinski definition) is 2. The molecule has 1 aliphatic heterocycles. The van der Waals surface area contributed by atoms with Crippen molar-refractivity contribution in [2.75, 3.05) is 7.11 Å². The van der Waals surface area contributed by atoms with Crippen molar-refractivity contribution in [3.8, 4) is 0 Å². The lowest BCUT2D eigenvalue weighted by Crippen LogP contribution is -2.33. The van der Waals surface area contributed by atoms with E-state index in [1.54, 1.807) is 0 Å². The molecule has 3 rings (SSSR count). The van der Waals surface area contributed by atoms with Crippen molar-refractivity contribution in [2.45, 2.75) is 82.7 Å². The van der Waals surface area contributed by atoms with Gasteiger partial charge in [-0.2, -0.15) is 0 Å². The summed E-state index contributed by atoms with van der Waals surface area (Å²) < 4.78 is 0. The van der Waals surface area contributed by atoms with Crippen LogP contribution in [-0.2, 0) is 4.79 Å². The normalized spacial score (nSPS) is 33.1. The minimum atomic E-state index is 0.170. The summed E-state index contributed by atoms with van der Waals surface area (Å²) in [6, 6.07) is 0.835. The van der Waals surface area contributed by atoms with Crippen LogP contribution in [0.3, 0.4) is 0 Å². The summed E-state index contributed by atoms with van der Waals surface area (Å²) in [6.07, 6.45) is 16.5. The van der Waals surface area contributed by atoms with E-state index in [1.807, 2.05) is 0 Å². The van der Waals surface area contributed by atoms with E-state index in [2.05, 4.69) is 5.32 Å². The summed E-state index contributed by atoms with van der Waals surface area (Å²) in [7, 11) is 1.00. The largest absolute Gasteiger partial charge is 0.400 e. The van der Waals surface area contributed by atoms with Crippen molar-refractivity contribution in [3.63, 3.8) is 0 Å². The molecule has 112 valence electrons. The topological polar surface area (TPSA) is 49.3 Å². The lowest BCUT2D eigenvalue weighted by molar-refractivity contribution is -0.109. The van der Waals surface area contributed by atoms with Gasteiger partial charge >= 0.3 is 0 Å². The highest BCUT2D eigenvalue weighted by molar-refractivity contribution is 5.58. The zero-order valence-corrected chi connectivity index (χ0v) is 12.4. The molecular formula is C16H31NO2. The van der Waals surface area contributed by atoms with Gasteiger partial charge in [0.25, 0.3) is 0 Å². The summed E-state index contributed by atoms with van der Waals surface area (Å²) in [6.45, 7) is 0. The molecule has 0 radical (unpaired) electrons. The van der Waals surface area contributed by atoms with Crippen LogP contribution >= 0.6 is 0 Å². The maximum absolute atomic E-state index is 10.5. The highest BCUT2D eigenvalue weighted by Gasteiger charge is 2.34. The molecule has 0 bridgehead atoms. The molecule has 0 aromatic heterocycles. The van der Waals surface area contributed by atoms with Crippen LogP contribution in [0.15, 0.2) is 0 Å². The molecule has 0 spiro atoms. The van der Waals surface area contributed by atoms with Crippen LogP contribution in [0.1, 0.15) is 70.6 Å². The van der Waals surface area contributed by atoms with Crippen LogP contribution < -0.4 is 5.32 Å². The molecule has 1 heterocycles. The smallest absolute Gasteiger partial charge is 0.136 e. The van der Waals surface area contributed by atoms with Gasteiger partial charge in [-0.15, -0.1) is 0 Å². The Labute approximate surface area is 118 Å². The van der Waals surface area contributed by atoms with Gasteiger partial charge in [-0.05, 0) is 25.2 Å². The summed E-state index contributed by atoms with van der Waals surface area (Å²) in [4.78, 5) is 10.5. The van der Waals surface area contributed by atoms with Gasteiger partial charge in [0.15, 0.2) is 0 Å². The summed E-state index contributed by atoms with van der Waals surface area (Å²) in [5, 5.41) is 10.4. The van der Waals surface area contributed by atoms with E-state index < -0.39 is 0 Å². The SMILES string of the molecule is C1CCCCC1.CO.O=CC1CC2CCCCC2N1. The first-order chi connectivity index (χ1) is 9.40. The number of aliphatic hydroxyl groups excluding tert-OH is 1. The predicted molar refractivity (Wildman–Crippen MR) is 79.2 cm³/mol. The van der Waals surface area contributed by atoms with Gasteiger partial charge in [-0.25, -0.2) is 0 Å². The molecule has 2 aliphatic carbocycles. The van der Waals surface area contributed by atoms with Crippen LogP contribution in [0.4, 0.5) is 0 Å². The monoisotopic (exact) mass is 269 g/mol. The lowest BCUT2D eigenvalue weighted by atomic mass is 9.85. The standard InChI is InChI=1S/C9H15NO.C6H12.CH4O/c11-6-8-5-7-3-1-2-4-9(7)10-8;1-2-4-6-5-3-1;1-2/h6-10H,1-5H2;1-6H2;2H,1H3. The third-order valence-electron chi connectivity index (χ3n) is 4.56. The molecule has 19 heavy (non-hydrogen) atoms. The molecule has 0 aromatic carbocycles. The van der Waals surface area contributed by atoms with Crippen LogP contribution in [-0.4, -0.2) is 30.6 Å². The molecule has 1 saturated heterocycles. The Kier molecular flexibility index (Phi) is 9.10. The molecule has 3 atom stereocenters. The quantitative estimate of drug-likeness (QED) is 0.719. The third-order valence-corrected chi connectivity index (χ3v) is 4.56. The average molecular weight is 269 g/mol. The maximum atomic E-state index is 10.5. The molecule has 3 aliphatic rings. The van der Waals surface area contributed by atoms with Gasteiger partial charge in [0.05, 0.1) is 6.04 Å². The molecule has 3 nitrogen and oxygen atoms in total. The van der Waals surface area contributed by atoms with Crippen molar-refractivity contribution in [3.05, 3.63) is 0 Å². The van der Waals surface area contributed by atoms with Gasteiger partial charge in [0.2, 0.25) is 0 Å². The summed E-state index contributed by atoms with van der Waals surface area (Å²) >= 11 is 0. The van der Waals surface area contributed by atoms with Crippen molar-refractivity contribution in [1.29, 1.82) is 0 Å².